The minimum absolute atomic E-state index is 0.0827. The fourth-order valence-electron chi connectivity index (χ4n) is 3.84. The van der Waals surface area contributed by atoms with Crippen LogP contribution in [0.1, 0.15) is 15.9 Å². The van der Waals surface area contributed by atoms with Gasteiger partial charge in [0.1, 0.15) is 0 Å². The van der Waals surface area contributed by atoms with Crippen molar-refractivity contribution in [2.75, 3.05) is 10.6 Å². The van der Waals surface area contributed by atoms with E-state index in [-0.39, 0.29) is 11.6 Å². The number of nitrogens with zero attached hydrogens (tertiary/aromatic N) is 3. The van der Waals surface area contributed by atoms with Gasteiger partial charge in [-0.05, 0) is 42.8 Å². The molecule has 2 N–H and O–H groups in total. The topological polar surface area (TPSA) is 110 Å². The van der Waals surface area contributed by atoms with Crippen molar-refractivity contribution in [1.29, 1.82) is 0 Å². The van der Waals surface area contributed by atoms with Gasteiger partial charge in [0.2, 0.25) is 5.95 Å². The van der Waals surface area contributed by atoms with Gasteiger partial charge in [0, 0.05) is 34.3 Å². The number of benzene rings is 4. The number of nitrogens with one attached hydrogen (secondary N) is 2. The molecule has 0 unspecified atom stereocenters. The van der Waals surface area contributed by atoms with Crippen LogP contribution < -0.4 is 10.6 Å². The zero-order valence-electron chi connectivity index (χ0n) is 19.3. The minimum atomic E-state index is -0.492. The van der Waals surface area contributed by atoms with Crippen molar-refractivity contribution >= 4 is 39.8 Å². The first-order valence-corrected chi connectivity index (χ1v) is 11.2. The van der Waals surface area contributed by atoms with E-state index in [9.17, 15) is 14.9 Å². The third kappa shape index (κ3) is 4.74. The summed E-state index contributed by atoms with van der Waals surface area (Å²) in [5.41, 5.74) is 4.81. The second-order valence-electron chi connectivity index (χ2n) is 8.19. The Hall–Kier alpha value is -5.11. The van der Waals surface area contributed by atoms with Gasteiger partial charge in [0.25, 0.3) is 11.6 Å². The van der Waals surface area contributed by atoms with Crippen molar-refractivity contribution in [3.05, 3.63) is 118 Å². The summed E-state index contributed by atoms with van der Waals surface area (Å²) in [4.78, 5) is 32.7. The molecule has 0 aliphatic carbocycles. The van der Waals surface area contributed by atoms with Crippen LogP contribution in [0.2, 0.25) is 0 Å². The number of aromatic nitrogens is 2. The molecule has 8 nitrogen and oxygen atoms in total. The highest BCUT2D eigenvalue weighted by molar-refractivity contribution is 6.05. The van der Waals surface area contributed by atoms with Crippen LogP contribution in [-0.4, -0.2) is 20.8 Å². The highest BCUT2D eigenvalue weighted by Gasteiger charge is 2.13. The quantitative estimate of drug-likeness (QED) is 0.214. The molecule has 5 aromatic rings. The molecule has 1 amide bonds. The van der Waals surface area contributed by atoms with E-state index in [2.05, 4.69) is 15.6 Å². The summed E-state index contributed by atoms with van der Waals surface area (Å²) in [5.74, 6) is 0.0791. The first-order valence-electron chi connectivity index (χ1n) is 11.2. The first kappa shape index (κ1) is 22.7. The molecule has 0 fully saturated rings. The number of para-hydroxylation sites is 1. The Bertz CT molecular complexity index is 1590. The van der Waals surface area contributed by atoms with Gasteiger partial charge in [-0.25, -0.2) is 9.97 Å². The SMILES string of the molecule is Cc1ccc([N+](=O)[O-])cc1NC(=O)c1ccc(Nc2nc(-c3ccccc3)c3ccccc3n2)cc1. The summed E-state index contributed by atoms with van der Waals surface area (Å²) in [6.45, 7) is 1.78. The molecule has 1 heterocycles. The molecule has 4 aromatic carbocycles. The van der Waals surface area contributed by atoms with Crippen LogP contribution in [0, 0.1) is 17.0 Å². The van der Waals surface area contributed by atoms with Crippen LogP contribution in [-0.2, 0) is 0 Å². The molecule has 0 aliphatic rings. The molecule has 5 rings (SSSR count). The van der Waals surface area contributed by atoms with Gasteiger partial charge in [-0.1, -0.05) is 54.6 Å². The van der Waals surface area contributed by atoms with Crippen molar-refractivity contribution in [1.82, 2.24) is 9.97 Å². The van der Waals surface area contributed by atoms with E-state index < -0.39 is 4.92 Å². The maximum atomic E-state index is 12.7. The van der Waals surface area contributed by atoms with Crippen LogP contribution in [0.3, 0.4) is 0 Å². The van der Waals surface area contributed by atoms with Gasteiger partial charge >= 0.3 is 0 Å². The van der Waals surface area contributed by atoms with Crippen molar-refractivity contribution in [3.63, 3.8) is 0 Å². The Morgan fingerprint density at radius 2 is 1.58 bits per heavy atom. The number of aryl methyl sites for hydroxylation is 1. The fraction of sp³-hybridized carbons (Fsp3) is 0.0357. The Morgan fingerprint density at radius 3 is 2.33 bits per heavy atom. The standard InChI is InChI=1S/C28H21N5O3/c1-18-11-16-22(33(35)36)17-25(18)30-27(34)20-12-14-21(15-13-20)29-28-31-24-10-6-5-9-23(24)26(32-28)19-7-3-2-4-8-19/h2-17H,1H3,(H,30,34)(H,29,31,32). The molecule has 0 saturated carbocycles. The largest absolute Gasteiger partial charge is 0.324 e. The van der Waals surface area contributed by atoms with Crippen molar-refractivity contribution in [2.24, 2.45) is 0 Å². The lowest BCUT2D eigenvalue weighted by molar-refractivity contribution is -0.384. The van der Waals surface area contributed by atoms with E-state index >= 15 is 0 Å². The normalized spacial score (nSPS) is 10.7. The number of rotatable bonds is 6. The predicted octanol–water partition coefficient (Wildman–Crippen LogP) is 6.51. The summed E-state index contributed by atoms with van der Waals surface area (Å²) in [5, 5.41) is 18.0. The lowest BCUT2D eigenvalue weighted by Gasteiger charge is -2.11. The van der Waals surface area contributed by atoms with Crippen LogP contribution >= 0.6 is 0 Å². The summed E-state index contributed by atoms with van der Waals surface area (Å²) in [6.07, 6.45) is 0. The lowest BCUT2D eigenvalue weighted by Crippen LogP contribution is -2.13. The van der Waals surface area contributed by atoms with Crippen LogP contribution in [0.15, 0.2) is 97.1 Å². The summed E-state index contributed by atoms with van der Waals surface area (Å²) >= 11 is 0. The van der Waals surface area contributed by atoms with Crippen LogP contribution in [0.5, 0.6) is 0 Å². The Kier molecular flexibility index (Phi) is 6.07. The maximum Gasteiger partial charge on any atom is 0.271 e. The average molecular weight is 476 g/mol. The third-order valence-corrected chi connectivity index (χ3v) is 5.73. The number of hydrogen-bond acceptors (Lipinski definition) is 6. The molecule has 0 spiro atoms. The van der Waals surface area contributed by atoms with E-state index in [0.29, 0.717) is 22.9 Å². The van der Waals surface area contributed by atoms with Gasteiger partial charge in [-0.15, -0.1) is 0 Å². The van der Waals surface area contributed by atoms with Gasteiger partial charge in [-0.3, -0.25) is 14.9 Å². The van der Waals surface area contributed by atoms with E-state index in [4.69, 9.17) is 4.98 Å². The van der Waals surface area contributed by atoms with E-state index in [1.54, 1.807) is 37.3 Å². The maximum absolute atomic E-state index is 12.7. The zero-order chi connectivity index (χ0) is 25.1. The number of carbonyl (C=O) groups excluding carboxylic acids is 1. The monoisotopic (exact) mass is 475 g/mol. The van der Waals surface area contributed by atoms with Crippen molar-refractivity contribution in [2.45, 2.75) is 6.92 Å². The van der Waals surface area contributed by atoms with E-state index in [0.717, 1.165) is 27.7 Å². The third-order valence-electron chi connectivity index (χ3n) is 5.73. The lowest BCUT2D eigenvalue weighted by atomic mass is 10.1. The highest BCUT2D eigenvalue weighted by atomic mass is 16.6. The molecule has 0 atom stereocenters. The van der Waals surface area contributed by atoms with Gasteiger partial charge < -0.3 is 10.6 Å². The summed E-state index contributed by atoms with van der Waals surface area (Å²) < 4.78 is 0. The minimum Gasteiger partial charge on any atom is -0.324 e. The average Bonchev–Trinajstić information content (AvgIpc) is 2.90. The van der Waals surface area contributed by atoms with Crippen molar-refractivity contribution < 1.29 is 9.72 Å². The molecule has 0 radical (unpaired) electrons. The number of fused-ring (bicyclic) bond motifs is 1. The van der Waals surface area contributed by atoms with Crippen LogP contribution in [0.4, 0.5) is 23.0 Å². The number of hydrogen-bond donors (Lipinski definition) is 2. The smallest absolute Gasteiger partial charge is 0.271 e. The van der Waals surface area contributed by atoms with Crippen molar-refractivity contribution in [3.8, 4) is 11.3 Å². The molecule has 0 bridgehead atoms. The Labute approximate surface area is 206 Å². The highest BCUT2D eigenvalue weighted by Crippen LogP contribution is 2.28. The Balaban J connectivity index is 1.38. The molecule has 0 saturated heterocycles. The zero-order valence-corrected chi connectivity index (χ0v) is 19.3. The second-order valence-corrected chi connectivity index (χ2v) is 8.19. The van der Waals surface area contributed by atoms with Gasteiger partial charge in [-0.2, -0.15) is 0 Å². The second kappa shape index (κ2) is 9.63. The number of non-ortho nitro benzene ring substituents is 1. The van der Waals surface area contributed by atoms with E-state index in [1.807, 2.05) is 54.6 Å². The number of anilines is 3. The predicted molar refractivity (Wildman–Crippen MR) is 140 cm³/mol. The number of amides is 1. The van der Waals surface area contributed by atoms with Gasteiger partial charge in [0.05, 0.1) is 21.8 Å². The van der Waals surface area contributed by atoms with Gasteiger partial charge in [0.15, 0.2) is 0 Å². The summed E-state index contributed by atoms with van der Waals surface area (Å²) in [6, 6.07) is 29.0. The molecule has 1 aromatic heterocycles. The molecule has 36 heavy (non-hydrogen) atoms. The number of carbonyl (C=O) groups is 1. The molecule has 0 aliphatic heterocycles. The number of nitro groups is 1. The Morgan fingerprint density at radius 1 is 0.861 bits per heavy atom. The molecule has 176 valence electrons. The number of nitro benzene ring substituents is 1. The molecule has 8 heteroatoms. The fourth-order valence-corrected chi connectivity index (χ4v) is 3.84. The molecular formula is C28H21N5O3. The van der Waals surface area contributed by atoms with Crippen LogP contribution in [0.25, 0.3) is 22.2 Å². The molecular weight excluding hydrogens is 454 g/mol. The summed E-state index contributed by atoms with van der Waals surface area (Å²) in [7, 11) is 0. The van der Waals surface area contributed by atoms with E-state index in [1.165, 1.54) is 12.1 Å². The first-order chi connectivity index (χ1) is 17.5.